The molecule has 1 N–H and O–H groups in total. The molecule has 2 rings (SSSR count). The van der Waals surface area contributed by atoms with Gasteiger partial charge in [0.2, 0.25) is 0 Å². The number of nitrogens with zero attached hydrogens (tertiary/aromatic N) is 2. The van der Waals surface area contributed by atoms with Gasteiger partial charge in [0, 0.05) is 17.7 Å². The highest BCUT2D eigenvalue weighted by atomic mass is 79.9. The molecule has 0 spiro atoms. The van der Waals surface area contributed by atoms with Gasteiger partial charge in [-0.3, -0.25) is 14.9 Å². The van der Waals surface area contributed by atoms with E-state index in [2.05, 4.69) is 26.5 Å². The second-order valence-electron chi connectivity index (χ2n) is 4.79. The van der Waals surface area contributed by atoms with Crippen LogP contribution < -0.4 is 10.2 Å². The second-order valence-corrected chi connectivity index (χ2v) is 5.65. The number of amides is 1. The Labute approximate surface area is 146 Å². The zero-order chi connectivity index (χ0) is 17.7. The highest BCUT2D eigenvalue weighted by Crippen LogP contribution is 2.25. The molecule has 0 bridgehead atoms. The van der Waals surface area contributed by atoms with Gasteiger partial charge in [-0.25, -0.2) is 5.43 Å². The van der Waals surface area contributed by atoms with Crippen molar-refractivity contribution in [2.45, 2.75) is 6.92 Å². The average molecular weight is 392 g/mol. The molecule has 2 aromatic carbocycles. The summed E-state index contributed by atoms with van der Waals surface area (Å²) in [5, 5.41) is 14.7. The molecule has 0 fully saturated rings. The maximum Gasteiger partial charge on any atom is 0.271 e. The van der Waals surface area contributed by atoms with Crippen molar-refractivity contribution in [3.8, 4) is 5.75 Å². The van der Waals surface area contributed by atoms with Crippen LogP contribution in [-0.4, -0.2) is 23.7 Å². The molecule has 0 aromatic heterocycles. The summed E-state index contributed by atoms with van der Waals surface area (Å²) < 4.78 is 5.77. The van der Waals surface area contributed by atoms with Crippen LogP contribution in [0.5, 0.6) is 5.75 Å². The van der Waals surface area contributed by atoms with Gasteiger partial charge in [-0.05, 0) is 58.7 Å². The third-order valence-electron chi connectivity index (χ3n) is 3.24. The molecule has 0 heterocycles. The van der Waals surface area contributed by atoms with Crippen LogP contribution in [-0.2, 0) is 0 Å². The first-order chi connectivity index (χ1) is 11.4. The van der Waals surface area contributed by atoms with Crippen molar-refractivity contribution in [2.24, 2.45) is 5.10 Å². The van der Waals surface area contributed by atoms with Crippen molar-refractivity contribution in [3.05, 3.63) is 68.2 Å². The molecule has 0 aliphatic rings. The Balaban J connectivity index is 2.10. The Bertz CT molecular complexity index is 803. The molecule has 124 valence electrons. The summed E-state index contributed by atoms with van der Waals surface area (Å²) in [5.74, 6) is 0.247. The first-order valence-electron chi connectivity index (χ1n) is 6.85. The molecule has 8 heteroatoms. The number of halogens is 1. The summed E-state index contributed by atoms with van der Waals surface area (Å²) in [6, 6.07) is 10.8. The van der Waals surface area contributed by atoms with Crippen LogP contribution in [0, 0.1) is 10.1 Å². The van der Waals surface area contributed by atoms with E-state index in [1.807, 2.05) is 0 Å². The van der Waals surface area contributed by atoms with Crippen LogP contribution in [0.25, 0.3) is 0 Å². The Hall–Kier alpha value is -2.74. The Morgan fingerprint density at radius 2 is 1.83 bits per heavy atom. The molecule has 0 saturated heterocycles. The Kier molecular flexibility index (Phi) is 5.64. The average Bonchev–Trinajstić information content (AvgIpc) is 2.59. The van der Waals surface area contributed by atoms with Crippen LogP contribution in [0.3, 0.4) is 0 Å². The molecule has 24 heavy (non-hydrogen) atoms. The number of carbonyl (C=O) groups excluding carboxylic acids is 1. The Morgan fingerprint density at radius 3 is 2.38 bits per heavy atom. The number of rotatable bonds is 5. The van der Waals surface area contributed by atoms with E-state index >= 15 is 0 Å². The normalized spacial score (nSPS) is 11.0. The van der Waals surface area contributed by atoms with Gasteiger partial charge in [-0.15, -0.1) is 0 Å². The smallest absolute Gasteiger partial charge is 0.271 e. The maximum atomic E-state index is 12.1. The van der Waals surface area contributed by atoms with E-state index in [0.29, 0.717) is 27.1 Å². The van der Waals surface area contributed by atoms with Crippen molar-refractivity contribution in [3.63, 3.8) is 0 Å². The van der Waals surface area contributed by atoms with Gasteiger partial charge >= 0.3 is 0 Å². The minimum absolute atomic E-state index is 0.00123. The minimum Gasteiger partial charge on any atom is -0.496 e. The van der Waals surface area contributed by atoms with Crippen LogP contribution in [0.1, 0.15) is 22.8 Å². The lowest BCUT2D eigenvalue weighted by molar-refractivity contribution is -0.384. The summed E-state index contributed by atoms with van der Waals surface area (Å²) in [5.41, 5.74) is 4.08. The van der Waals surface area contributed by atoms with Gasteiger partial charge in [0.05, 0.1) is 22.2 Å². The standard InChI is InChI=1S/C16H14BrN3O4/c1-10(11-3-6-13(7-4-11)20(22)23)18-19-16(21)12-5-8-15(24-2)14(17)9-12/h3-9H,1-2H3,(H,19,21). The van der Waals surface area contributed by atoms with E-state index in [1.165, 1.54) is 19.2 Å². The van der Waals surface area contributed by atoms with Crippen molar-refractivity contribution in [1.82, 2.24) is 5.43 Å². The number of methoxy groups -OCH3 is 1. The van der Waals surface area contributed by atoms with E-state index in [1.54, 1.807) is 37.3 Å². The topological polar surface area (TPSA) is 93.8 Å². The number of benzene rings is 2. The van der Waals surface area contributed by atoms with E-state index in [4.69, 9.17) is 4.74 Å². The summed E-state index contributed by atoms with van der Waals surface area (Å²) in [6.07, 6.45) is 0. The first-order valence-corrected chi connectivity index (χ1v) is 7.64. The number of nitrogens with one attached hydrogen (secondary N) is 1. The van der Waals surface area contributed by atoms with Crippen LogP contribution >= 0.6 is 15.9 Å². The number of carbonyl (C=O) groups is 1. The zero-order valence-corrected chi connectivity index (χ0v) is 14.5. The monoisotopic (exact) mass is 391 g/mol. The lowest BCUT2D eigenvalue weighted by Crippen LogP contribution is -2.19. The van der Waals surface area contributed by atoms with Gasteiger partial charge in [0.1, 0.15) is 5.75 Å². The van der Waals surface area contributed by atoms with Crippen LogP contribution in [0.2, 0.25) is 0 Å². The number of nitro benzene ring substituents is 1. The summed E-state index contributed by atoms with van der Waals surface area (Å²) in [6.45, 7) is 1.70. The number of non-ortho nitro benzene ring substituents is 1. The van der Waals surface area contributed by atoms with Crippen LogP contribution in [0.15, 0.2) is 52.0 Å². The fraction of sp³-hybridized carbons (Fsp3) is 0.125. The predicted octanol–water partition coefficient (Wildman–Crippen LogP) is 3.52. The second kappa shape index (κ2) is 7.69. The third kappa shape index (κ3) is 4.17. The van der Waals surface area contributed by atoms with Gasteiger partial charge in [0.25, 0.3) is 11.6 Å². The molecular weight excluding hydrogens is 378 g/mol. The quantitative estimate of drug-likeness (QED) is 0.479. The molecule has 1 amide bonds. The number of hydrogen-bond donors (Lipinski definition) is 1. The number of ether oxygens (including phenoxy) is 1. The van der Waals surface area contributed by atoms with Crippen molar-refractivity contribution < 1.29 is 14.5 Å². The van der Waals surface area contributed by atoms with Crippen LogP contribution in [0.4, 0.5) is 5.69 Å². The largest absolute Gasteiger partial charge is 0.496 e. The lowest BCUT2D eigenvalue weighted by Gasteiger charge is -2.06. The summed E-state index contributed by atoms with van der Waals surface area (Å²) in [4.78, 5) is 22.3. The highest BCUT2D eigenvalue weighted by molar-refractivity contribution is 9.10. The molecule has 0 atom stereocenters. The number of nitro groups is 1. The molecular formula is C16H14BrN3O4. The summed E-state index contributed by atoms with van der Waals surface area (Å²) >= 11 is 3.31. The van der Waals surface area contributed by atoms with Crippen molar-refractivity contribution >= 4 is 33.2 Å². The molecule has 0 aliphatic heterocycles. The van der Waals surface area contributed by atoms with Gasteiger partial charge in [0.15, 0.2) is 0 Å². The van der Waals surface area contributed by atoms with E-state index in [9.17, 15) is 14.9 Å². The lowest BCUT2D eigenvalue weighted by atomic mass is 10.1. The maximum absolute atomic E-state index is 12.1. The molecule has 0 saturated carbocycles. The fourth-order valence-corrected chi connectivity index (χ4v) is 2.44. The Morgan fingerprint density at radius 1 is 1.21 bits per heavy atom. The zero-order valence-electron chi connectivity index (χ0n) is 12.9. The van der Waals surface area contributed by atoms with E-state index in [-0.39, 0.29) is 11.6 Å². The van der Waals surface area contributed by atoms with Crippen molar-refractivity contribution in [1.29, 1.82) is 0 Å². The molecule has 0 unspecified atom stereocenters. The van der Waals surface area contributed by atoms with E-state index in [0.717, 1.165) is 0 Å². The molecule has 2 aromatic rings. The molecule has 0 aliphatic carbocycles. The highest BCUT2D eigenvalue weighted by Gasteiger charge is 2.09. The summed E-state index contributed by atoms with van der Waals surface area (Å²) in [7, 11) is 1.54. The van der Waals surface area contributed by atoms with Crippen molar-refractivity contribution in [2.75, 3.05) is 7.11 Å². The van der Waals surface area contributed by atoms with E-state index < -0.39 is 4.92 Å². The predicted molar refractivity (Wildman–Crippen MR) is 93.5 cm³/mol. The molecule has 7 nitrogen and oxygen atoms in total. The SMILES string of the molecule is COc1ccc(C(=O)NN=C(C)c2ccc([N+](=O)[O-])cc2)cc1Br. The number of hydrazone groups is 1. The third-order valence-corrected chi connectivity index (χ3v) is 3.85. The van der Waals surface area contributed by atoms with Gasteiger partial charge in [-0.2, -0.15) is 5.10 Å². The van der Waals surface area contributed by atoms with Gasteiger partial charge in [-0.1, -0.05) is 0 Å². The van der Waals surface area contributed by atoms with Gasteiger partial charge < -0.3 is 4.74 Å². The first kappa shape index (κ1) is 17.6. The minimum atomic E-state index is -0.473. The number of hydrogen-bond acceptors (Lipinski definition) is 5. The fourth-order valence-electron chi connectivity index (χ4n) is 1.90. The molecule has 0 radical (unpaired) electrons.